The number of aryl methyl sites for hydroxylation is 1. The van der Waals surface area contributed by atoms with E-state index in [1.54, 1.807) is 17.4 Å². The molecule has 0 fully saturated rings. The van der Waals surface area contributed by atoms with Crippen LogP contribution in [0.3, 0.4) is 0 Å². The van der Waals surface area contributed by atoms with E-state index in [0.717, 1.165) is 17.0 Å². The summed E-state index contributed by atoms with van der Waals surface area (Å²) in [6, 6.07) is 6.02. The lowest BCUT2D eigenvalue weighted by Gasteiger charge is -2.20. The Balaban J connectivity index is 2.10. The van der Waals surface area contributed by atoms with E-state index in [1.165, 1.54) is 4.88 Å². The minimum atomic E-state index is 0.116. The second-order valence-electron chi connectivity index (χ2n) is 4.77. The summed E-state index contributed by atoms with van der Waals surface area (Å²) in [5.74, 6) is 0. The van der Waals surface area contributed by atoms with Crippen molar-refractivity contribution in [2.24, 2.45) is 0 Å². The smallest absolute Gasteiger partial charge is 0.109 e. The molecule has 108 valence electrons. The maximum Gasteiger partial charge on any atom is 0.109 e. The van der Waals surface area contributed by atoms with Crippen molar-refractivity contribution in [3.8, 4) is 0 Å². The van der Waals surface area contributed by atoms with Crippen LogP contribution in [0, 0.1) is 0 Å². The fraction of sp³-hybridized carbons (Fsp3) is 0.400. The number of thiazole rings is 1. The predicted molar refractivity (Wildman–Crippen MR) is 87.9 cm³/mol. The van der Waals surface area contributed by atoms with Gasteiger partial charge in [0, 0.05) is 17.1 Å². The lowest BCUT2D eigenvalue weighted by Crippen LogP contribution is -2.22. The highest BCUT2D eigenvalue weighted by atomic mass is 35.5. The van der Waals surface area contributed by atoms with E-state index in [9.17, 15) is 0 Å². The number of hydrogen-bond acceptors (Lipinski definition) is 3. The first kappa shape index (κ1) is 15.8. The number of aromatic nitrogens is 1. The van der Waals surface area contributed by atoms with Gasteiger partial charge >= 0.3 is 0 Å². The summed E-state index contributed by atoms with van der Waals surface area (Å²) in [6.07, 6.45) is 2.98. The van der Waals surface area contributed by atoms with Crippen LogP contribution < -0.4 is 5.32 Å². The molecule has 0 saturated carbocycles. The Labute approximate surface area is 134 Å². The van der Waals surface area contributed by atoms with E-state index in [4.69, 9.17) is 23.2 Å². The van der Waals surface area contributed by atoms with Crippen molar-refractivity contribution in [3.05, 3.63) is 49.9 Å². The minimum Gasteiger partial charge on any atom is -0.301 e. The Kier molecular flexibility index (Phi) is 5.44. The zero-order valence-electron chi connectivity index (χ0n) is 11.8. The molecule has 0 aliphatic rings. The van der Waals surface area contributed by atoms with Crippen molar-refractivity contribution >= 4 is 34.5 Å². The van der Waals surface area contributed by atoms with Crippen molar-refractivity contribution in [2.75, 3.05) is 0 Å². The molecular formula is C15H18Cl2N2S. The number of halogens is 2. The molecule has 2 aromatic rings. The molecule has 20 heavy (non-hydrogen) atoms. The Morgan fingerprint density at radius 2 is 2.00 bits per heavy atom. The molecular weight excluding hydrogens is 311 g/mol. The summed E-state index contributed by atoms with van der Waals surface area (Å²) < 4.78 is 0. The van der Waals surface area contributed by atoms with Crippen LogP contribution in [-0.4, -0.2) is 4.98 Å². The van der Waals surface area contributed by atoms with Gasteiger partial charge in [-0.3, -0.25) is 0 Å². The van der Waals surface area contributed by atoms with Gasteiger partial charge in [0.1, 0.15) is 5.01 Å². The molecule has 5 heteroatoms. The van der Waals surface area contributed by atoms with E-state index >= 15 is 0 Å². The number of rotatable bonds is 5. The normalized spacial score (nSPS) is 14.2. The molecule has 0 aliphatic heterocycles. The van der Waals surface area contributed by atoms with E-state index in [1.807, 2.05) is 18.3 Å². The second kappa shape index (κ2) is 6.90. The molecule has 2 unspecified atom stereocenters. The second-order valence-corrected chi connectivity index (χ2v) is 6.70. The van der Waals surface area contributed by atoms with Gasteiger partial charge in [-0.15, -0.1) is 11.3 Å². The van der Waals surface area contributed by atoms with Gasteiger partial charge in [0.15, 0.2) is 0 Å². The molecule has 2 atom stereocenters. The molecule has 1 aromatic carbocycles. The molecule has 1 heterocycles. The Morgan fingerprint density at radius 3 is 2.65 bits per heavy atom. The Morgan fingerprint density at radius 1 is 1.25 bits per heavy atom. The van der Waals surface area contributed by atoms with Crippen molar-refractivity contribution in [2.45, 2.75) is 39.3 Å². The quantitative estimate of drug-likeness (QED) is 0.792. The monoisotopic (exact) mass is 328 g/mol. The van der Waals surface area contributed by atoms with Crippen LogP contribution in [0.15, 0.2) is 24.4 Å². The topological polar surface area (TPSA) is 24.9 Å². The Hall–Kier alpha value is -0.610. The molecule has 0 spiro atoms. The largest absolute Gasteiger partial charge is 0.301 e. The standard InChI is InChI=1S/C15H18Cl2N2S/c1-4-11-8-18-15(20-11)10(3)19-9(2)12-6-5-7-13(16)14(12)17/h5-10,19H,4H2,1-3H3. The highest BCUT2D eigenvalue weighted by molar-refractivity contribution is 7.11. The van der Waals surface area contributed by atoms with E-state index < -0.39 is 0 Å². The summed E-state index contributed by atoms with van der Waals surface area (Å²) in [5.41, 5.74) is 1.01. The van der Waals surface area contributed by atoms with Gasteiger partial charge in [0.05, 0.1) is 16.1 Å². The predicted octanol–water partition coefficient (Wildman–Crippen LogP) is 5.42. The zero-order valence-corrected chi connectivity index (χ0v) is 14.1. The molecule has 0 aliphatic carbocycles. The molecule has 0 bridgehead atoms. The summed E-state index contributed by atoms with van der Waals surface area (Å²) in [5, 5.41) is 5.84. The number of nitrogens with zero attached hydrogens (tertiary/aromatic N) is 1. The maximum absolute atomic E-state index is 6.26. The fourth-order valence-electron chi connectivity index (χ4n) is 2.08. The van der Waals surface area contributed by atoms with Crippen LogP contribution in [0.4, 0.5) is 0 Å². The summed E-state index contributed by atoms with van der Waals surface area (Å²) in [7, 11) is 0. The van der Waals surface area contributed by atoms with Crippen molar-refractivity contribution in [3.63, 3.8) is 0 Å². The van der Waals surface area contributed by atoms with Crippen molar-refractivity contribution in [1.29, 1.82) is 0 Å². The van der Waals surface area contributed by atoms with Gasteiger partial charge in [0.2, 0.25) is 0 Å². The zero-order chi connectivity index (χ0) is 14.7. The molecule has 2 rings (SSSR count). The fourth-order valence-corrected chi connectivity index (χ4v) is 3.42. The molecule has 0 amide bonds. The van der Waals surface area contributed by atoms with Gasteiger partial charge in [-0.2, -0.15) is 0 Å². The van der Waals surface area contributed by atoms with Crippen LogP contribution in [0.5, 0.6) is 0 Å². The molecule has 0 saturated heterocycles. The summed E-state index contributed by atoms with van der Waals surface area (Å²) >= 11 is 14.1. The van der Waals surface area contributed by atoms with Crippen LogP contribution in [0.2, 0.25) is 10.0 Å². The van der Waals surface area contributed by atoms with Gasteiger partial charge in [0.25, 0.3) is 0 Å². The molecule has 1 N–H and O–H groups in total. The average molecular weight is 329 g/mol. The van der Waals surface area contributed by atoms with Gasteiger partial charge < -0.3 is 5.32 Å². The highest BCUT2D eigenvalue weighted by Gasteiger charge is 2.16. The van der Waals surface area contributed by atoms with Crippen LogP contribution in [0.25, 0.3) is 0 Å². The van der Waals surface area contributed by atoms with Crippen LogP contribution in [0.1, 0.15) is 48.3 Å². The maximum atomic E-state index is 6.26. The first-order chi connectivity index (χ1) is 9.52. The van der Waals surface area contributed by atoms with Crippen molar-refractivity contribution < 1.29 is 0 Å². The van der Waals surface area contributed by atoms with Gasteiger partial charge in [-0.05, 0) is 31.9 Å². The first-order valence-electron chi connectivity index (χ1n) is 6.67. The van der Waals surface area contributed by atoms with Crippen molar-refractivity contribution in [1.82, 2.24) is 10.3 Å². The highest BCUT2D eigenvalue weighted by Crippen LogP contribution is 2.31. The van der Waals surface area contributed by atoms with E-state index in [-0.39, 0.29) is 12.1 Å². The lowest BCUT2D eigenvalue weighted by atomic mass is 10.1. The number of hydrogen-bond donors (Lipinski definition) is 1. The minimum absolute atomic E-state index is 0.116. The number of nitrogens with one attached hydrogen (secondary N) is 1. The van der Waals surface area contributed by atoms with E-state index in [0.29, 0.717) is 10.0 Å². The SMILES string of the molecule is CCc1cnc(C(C)NC(C)c2cccc(Cl)c2Cl)s1. The molecule has 0 radical (unpaired) electrons. The third-order valence-corrected chi connectivity index (χ3v) is 5.40. The van der Waals surface area contributed by atoms with Gasteiger partial charge in [-0.25, -0.2) is 4.98 Å². The number of benzene rings is 1. The van der Waals surface area contributed by atoms with Gasteiger partial charge in [-0.1, -0.05) is 42.3 Å². The summed E-state index contributed by atoms with van der Waals surface area (Å²) in [6.45, 7) is 6.35. The third kappa shape index (κ3) is 3.53. The van der Waals surface area contributed by atoms with E-state index in [2.05, 4.69) is 31.1 Å². The first-order valence-corrected chi connectivity index (χ1v) is 8.24. The van der Waals surface area contributed by atoms with Crippen LogP contribution >= 0.6 is 34.5 Å². The summed E-state index contributed by atoms with van der Waals surface area (Å²) in [4.78, 5) is 5.78. The molecule has 2 nitrogen and oxygen atoms in total. The lowest BCUT2D eigenvalue weighted by molar-refractivity contribution is 0.493. The molecule has 1 aromatic heterocycles. The Bertz CT molecular complexity index is 583. The third-order valence-electron chi connectivity index (χ3n) is 3.24. The van der Waals surface area contributed by atoms with Crippen LogP contribution in [-0.2, 0) is 6.42 Å². The average Bonchev–Trinajstić information content (AvgIpc) is 2.90.